The lowest BCUT2D eigenvalue weighted by Crippen LogP contribution is -2.06. The first-order valence-electron chi connectivity index (χ1n) is 6.80. The first-order valence-corrected chi connectivity index (χ1v) is 6.80. The number of hydrogen-bond donors (Lipinski definition) is 2. The Kier molecular flexibility index (Phi) is 5.78. The van der Waals surface area contributed by atoms with E-state index in [1.807, 2.05) is 57.2 Å². The number of benzene rings is 2. The van der Waals surface area contributed by atoms with Gasteiger partial charge in [0, 0.05) is 34.8 Å². The van der Waals surface area contributed by atoms with Crippen molar-refractivity contribution in [1.29, 1.82) is 0 Å². The van der Waals surface area contributed by atoms with Crippen molar-refractivity contribution >= 4 is 28.1 Å². The predicted molar refractivity (Wildman–Crippen MR) is 88.0 cm³/mol. The second kappa shape index (κ2) is 7.34. The van der Waals surface area contributed by atoms with Crippen molar-refractivity contribution in [1.82, 2.24) is 0 Å². The van der Waals surface area contributed by atoms with Crippen LogP contribution < -0.4 is 10.6 Å². The average Bonchev–Trinajstić information content (AvgIpc) is 2.41. The molecule has 0 aliphatic heterocycles. The third kappa shape index (κ3) is 3.85. The molecule has 0 fully saturated rings. The Morgan fingerprint density at radius 1 is 0.900 bits per heavy atom. The summed E-state index contributed by atoms with van der Waals surface area (Å²) in [6.07, 6.45) is 0. The molecule has 0 atom stereocenters. The lowest BCUT2D eigenvalue weighted by atomic mass is 10.1. The van der Waals surface area contributed by atoms with Crippen molar-refractivity contribution in [3.05, 3.63) is 48.7 Å². The van der Waals surface area contributed by atoms with Gasteiger partial charge in [-0.2, -0.15) is 0 Å². The first-order chi connectivity index (χ1) is 9.58. The molecule has 0 heterocycles. The van der Waals surface area contributed by atoms with Crippen molar-refractivity contribution in [3.8, 4) is 0 Å². The van der Waals surface area contributed by atoms with Gasteiger partial charge in [0.2, 0.25) is 5.91 Å². The summed E-state index contributed by atoms with van der Waals surface area (Å²) in [7, 11) is 0. The largest absolute Gasteiger partial charge is 0.359 e. The lowest BCUT2D eigenvalue weighted by molar-refractivity contribution is -0.114. The van der Waals surface area contributed by atoms with Gasteiger partial charge in [-0.1, -0.05) is 44.7 Å². The van der Waals surface area contributed by atoms with E-state index in [-0.39, 0.29) is 5.91 Å². The predicted octanol–water partition coefficient (Wildman–Crippen LogP) is 4.77. The number of anilines is 2. The van der Waals surface area contributed by atoms with Gasteiger partial charge in [-0.3, -0.25) is 4.79 Å². The molecule has 20 heavy (non-hydrogen) atoms. The molecule has 0 aliphatic rings. The lowest BCUT2D eigenvalue weighted by Gasteiger charge is -2.12. The van der Waals surface area contributed by atoms with E-state index < -0.39 is 0 Å². The van der Waals surface area contributed by atoms with Crippen molar-refractivity contribution in [3.63, 3.8) is 0 Å². The van der Waals surface area contributed by atoms with E-state index in [9.17, 15) is 4.79 Å². The quantitative estimate of drug-likeness (QED) is 0.843. The van der Waals surface area contributed by atoms with Gasteiger partial charge in [0.1, 0.15) is 0 Å². The SMILES string of the molecule is C=C(C)Nc1cccc2c(NC(C)=O)cccc12.CC. The number of carbonyl (C=O) groups excluding carboxylic acids is 1. The highest BCUT2D eigenvalue weighted by atomic mass is 16.1. The summed E-state index contributed by atoms with van der Waals surface area (Å²) >= 11 is 0. The Labute approximate surface area is 120 Å². The summed E-state index contributed by atoms with van der Waals surface area (Å²) in [4.78, 5) is 11.2. The average molecular weight is 270 g/mol. The molecule has 2 aromatic rings. The molecule has 0 radical (unpaired) electrons. The van der Waals surface area contributed by atoms with Crippen LogP contribution in [0.1, 0.15) is 27.7 Å². The molecular formula is C17H22N2O. The molecule has 3 nitrogen and oxygen atoms in total. The van der Waals surface area contributed by atoms with Crippen LogP contribution in [0.25, 0.3) is 10.8 Å². The maximum atomic E-state index is 11.2. The maximum absolute atomic E-state index is 11.2. The van der Waals surface area contributed by atoms with Crippen LogP contribution in [0.15, 0.2) is 48.7 Å². The Bertz CT molecular complexity index is 562. The van der Waals surface area contributed by atoms with Crippen molar-refractivity contribution in [2.45, 2.75) is 27.7 Å². The summed E-state index contributed by atoms with van der Waals surface area (Å²) in [5.74, 6) is -0.0687. The van der Waals surface area contributed by atoms with Gasteiger partial charge in [-0.05, 0) is 19.1 Å². The number of hydrogen-bond acceptors (Lipinski definition) is 2. The van der Waals surface area contributed by atoms with Crippen molar-refractivity contribution < 1.29 is 4.79 Å². The number of rotatable bonds is 3. The summed E-state index contributed by atoms with van der Waals surface area (Å²) in [6.45, 7) is 11.3. The molecule has 0 bridgehead atoms. The minimum absolute atomic E-state index is 0.0687. The molecule has 2 N–H and O–H groups in total. The molecule has 0 saturated heterocycles. The van der Waals surface area contributed by atoms with E-state index in [0.29, 0.717) is 0 Å². The Hall–Kier alpha value is -2.29. The van der Waals surface area contributed by atoms with Crippen LogP contribution in [0.4, 0.5) is 11.4 Å². The normalized spacial score (nSPS) is 9.40. The van der Waals surface area contributed by atoms with E-state index >= 15 is 0 Å². The molecule has 106 valence electrons. The van der Waals surface area contributed by atoms with E-state index in [4.69, 9.17) is 0 Å². The molecule has 2 rings (SSSR count). The summed E-state index contributed by atoms with van der Waals surface area (Å²) in [5, 5.41) is 8.14. The van der Waals surface area contributed by atoms with Gasteiger partial charge >= 0.3 is 0 Å². The number of amides is 1. The fourth-order valence-electron chi connectivity index (χ4n) is 1.95. The van der Waals surface area contributed by atoms with E-state index in [1.165, 1.54) is 6.92 Å². The second-order valence-corrected chi connectivity index (χ2v) is 4.29. The van der Waals surface area contributed by atoms with Crippen LogP contribution in [0.3, 0.4) is 0 Å². The fourth-order valence-corrected chi connectivity index (χ4v) is 1.95. The molecule has 0 aromatic heterocycles. The van der Waals surface area contributed by atoms with Gasteiger partial charge in [0.25, 0.3) is 0 Å². The highest BCUT2D eigenvalue weighted by molar-refractivity contribution is 6.05. The van der Waals surface area contributed by atoms with Crippen LogP contribution in [-0.2, 0) is 4.79 Å². The highest BCUT2D eigenvalue weighted by Gasteiger charge is 2.05. The minimum atomic E-state index is -0.0687. The van der Waals surface area contributed by atoms with Gasteiger partial charge in [-0.15, -0.1) is 0 Å². The van der Waals surface area contributed by atoms with Crippen molar-refractivity contribution in [2.24, 2.45) is 0 Å². The number of fused-ring (bicyclic) bond motifs is 1. The van der Waals surface area contributed by atoms with Crippen LogP contribution in [0.5, 0.6) is 0 Å². The van der Waals surface area contributed by atoms with Gasteiger partial charge < -0.3 is 10.6 Å². The second-order valence-electron chi connectivity index (χ2n) is 4.29. The van der Waals surface area contributed by atoms with E-state index in [2.05, 4.69) is 17.2 Å². The Balaban J connectivity index is 0.000000956. The van der Waals surface area contributed by atoms with Crippen LogP contribution in [-0.4, -0.2) is 5.91 Å². The molecule has 0 unspecified atom stereocenters. The summed E-state index contributed by atoms with van der Waals surface area (Å²) in [6, 6.07) is 11.8. The third-order valence-corrected chi connectivity index (χ3v) is 2.58. The van der Waals surface area contributed by atoms with Crippen LogP contribution in [0.2, 0.25) is 0 Å². The molecule has 3 heteroatoms. The maximum Gasteiger partial charge on any atom is 0.221 e. The molecule has 0 saturated carbocycles. The number of carbonyl (C=O) groups is 1. The van der Waals surface area contributed by atoms with Crippen molar-refractivity contribution in [2.75, 3.05) is 10.6 Å². The fraction of sp³-hybridized carbons (Fsp3) is 0.235. The standard InChI is InChI=1S/C15H16N2O.C2H6/c1-10(2)16-14-8-4-7-13-12(14)6-5-9-15(13)17-11(3)18;1-2/h4-9,16H,1H2,2-3H3,(H,17,18);1-2H3. The Morgan fingerprint density at radius 2 is 1.35 bits per heavy atom. The smallest absolute Gasteiger partial charge is 0.221 e. The van der Waals surface area contributed by atoms with Gasteiger partial charge in [0.05, 0.1) is 0 Å². The highest BCUT2D eigenvalue weighted by Crippen LogP contribution is 2.29. The summed E-state index contributed by atoms with van der Waals surface area (Å²) < 4.78 is 0. The summed E-state index contributed by atoms with van der Waals surface area (Å²) in [5.41, 5.74) is 2.70. The topological polar surface area (TPSA) is 41.1 Å². The third-order valence-electron chi connectivity index (χ3n) is 2.58. The van der Waals surface area contributed by atoms with Gasteiger partial charge in [-0.25, -0.2) is 0 Å². The zero-order valence-electron chi connectivity index (χ0n) is 12.6. The molecule has 2 aromatic carbocycles. The molecular weight excluding hydrogens is 248 g/mol. The van der Waals surface area contributed by atoms with Crippen LogP contribution in [0, 0.1) is 0 Å². The zero-order chi connectivity index (χ0) is 15.1. The van der Waals surface area contributed by atoms with E-state index in [0.717, 1.165) is 27.8 Å². The Morgan fingerprint density at radius 3 is 1.75 bits per heavy atom. The van der Waals surface area contributed by atoms with E-state index in [1.54, 1.807) is 0 Å². The minimum Gasteiger partial charge on any atom is -0.359 e. The first kappa shape index (κ1) is 15.8. The zero-order valence-corrected chi connectivity index (χ0v) is 12.6. The van der Waals surface area contributed by atoms with Gasteiger partial charge in [0.15, 0.2) is 0 Å². The number of nitrogens with one attached hydrogen (secondary N) is 2. The van der Waals surface area contributed by atoms with Crippen LogP contribution >= 0.6 is 0 Å². The number of allylic oxidation sites excluding steroid dienone is 1. The molecule has 1 amide bonds. The molecule has 0 spiro atoms. The monoisotopic (exact) mass is 270 g/mol. The molecule has 0 aliphatic carbocycles.